The molecule has 0 spiro atoms. The fourth-order valence-electron chi connectivity index (χ4n) is 1.82. The third-order valence-corrected chi connectivity index (χ3v) is 4.29. The maximum Gasteiger partial charge on any atom is 0.147 e. The van der Waals surface area contributed by atoms with E-state index in [1.807, 2.05) is 0 Å². The molecule has 0 N–H and O–H groups in total. The second-order valence-electron chi connectivity index (χ2n) is 4.22. The number of halogens is 2. The third-order valence-electron chi connectivity index (χ3n) is 2.96. The molecule has 1 aromatic heterocycles. The van der Waals surface area contributed by atoms with Gasteiger partial charge in [-0.3, -0.25) is 0 Å². The minimum atomic E-state index is 0.531. The van der Waals surface area contributed by atoms with E-state index in [0.29, 0.717) is 5.15 Å². The maximum atomic E-state index is 6.13. The summed E-state index contributed by atoms with van der Waals surface area (Å²) in [5.74, 6) is 0.846. The fourth-order valence-corrected chi connectivity index (χ4v) is 2.41. The van der Waals surface area contributed by atoms with E-state index in [2.05, 4.69) is 51.6 Å². The summed E-state index contributed by atoms with van der Waals surface area (Å²) in [6, 6.07) is 0. The predicted octanol–water partition coefficient (Wildman–Crippen LogP) is 3.73. The lowest BCUT2D eigenvalue weighted by Gasteiger charge is -2.17. The third kappa shape index (κ3) is 4.48. The Bertz CT molecular complexity index is 381. The second-order valence-corrected chi connectivity index (χ2v) is 5.37. The van der Waals surface area contributed by atoms with Crippen LogP contribution in [0.25, 0.3) is 0 Å². The van der Waals surface area contributed by atoms with E-state index >= 15 is 0 Å². The van der Waals surface area contributed by atoms with Gasteiger partial charge >= 0.3 is 0 Å². The van der Waals surface area contributed by atoms with Gasteiger partial charge in [0.2, 0.25) is 0 Å². The molecule has 18 heavy (non-hydrogen) atoms. The van der Waals surface area contributed by atoms with Gasteiger partial charge in [-0.05, 0) is 35.4 Å². The summed E-state index contributed by atoms with van der Waals surface area (Å²) in [4.78, 5) is 11.3. The smallest absolute Gasteiger partial charge is 0.147 e. The predicted molar refractivity (Wildman–Crippen MR) is 80.2 cm³/mol. The van der Waals surface area contributed by atoms with Crippen LogP contribution in [0.4, 0.5) is 0 Å². The average molecular weight is 335 g/mol. The van der Waals surface area contributed by atoms with E-state index in [9.17, 15) is 0 Å². The van der Waals surface area contributed by atoms with Crippen LogP contribution in [0.3, 0.4) is 0 Å². The molecule has 1 heterocycles. The Morgan fingerprint density at radius 2 is 1.78 bits per heavy atom. The summed E-state index contributed by atoms with van der Waals surface area (Å²) in [6.45, 7) is 9.57. The molecule has 0 aliphatic heterocycles. The highest BCUT2D eigenvalue weighted by atomic mass is 79.9. The van der Waals surface area contributed by atoms with E-state index < -0.39 is 0 Å². The van der Waals surface area contributed by atoms with E-state index in [1.165, 1.54) is 0 Å². The van der Waals surface area contributed by atoms with Gasteiger partial charge in [0, 0.05) is 13.0 Å². The van der Waals surface area contributed by atoms with E-state index in [4.69, 9.17) is 11.6 Å². The van der Waals surface area contributed by atoms with E-state index in [0.717, 1.165) is 54.9 Å². The molecule has 0 amide bonds. The lowest BCUT2D eigenvalue weighted by atomic mass is 10.2. The summed E-state index contributed by atoms with van der Waals surface area (Å²) in [7, 11) is 0. The van der Waals surface area contributed by atoms with Crippen molar-refractivity contribution in [3.05, 3.63) is 21.1 Å². The Hall–Kier alpha value is -0.190. The van der Waals surface area contributed by atoms with Crippen LogP contribution in [0, 0.1) is 0 Å². The molecule has 0 aliphatic carbocycles. The molecule has 0 bridgehead atoms. The van der Waals surface area contributed by atoms with Crippen molar-refractivity contribution in [1.29, 1.82) is 0 Å². The number of hydrogen-bond acceptors (Lipinski definition) is 3. The minimum absolute atomic E-state index is 0.531. The number of nitrogens with zero attached hydrogens (tertiary/aromatic N) is 3. The second kappa shape index (κ2) is 8.08. The first-order chi connectivity index (χ1) is 8.62. The van der Waals surface area contributed by atoms with Crippen LogP contribution >= 0.6 is 27.5 Å². The summed E-state index contributed by atoms with van der Waals surface area (Å²) < 4.78 is 0.845. The molecule has 0 aliphatic rings. The molecule has 0 fully saturated rings. The maximum absolute atomic E-state index is 6.13. The van der Waals surface area contributed by atoms with Crippen molar-refractivity contribution < 1.29 is 0 Å². The molecule has 0 saturated carbocycles. The lowest BCUT2D eigenvalue weighted by molar-refractivity contribution is 0.305. The number of rotatable bonds is 7. The van der Waals surface area contributed by atoms with Crippen LogP contribution in [-0.4, -0.2) is 34.5 Å². The van der Waals surface area contributed by atoms with Gasteiger partial charge in [-0.1, -0.05) is 38.8 Å². The van der Waals surface area contributed by atoms with Crippen molar-refractivity contribution in [1.82, 2.24) is 14.9 Å². The van der Waals surface area contributed by atoms with Crippen LogP contribution < -0.4 is 0 Å². The molecule has 0 unspecified atom stereocenters. The molecule has 0 saturated heterocycles. The summed E-state index contributed by atoms with van der Waals surface area (Å²) >= 11 is 9.58. The standard InChI is InChI=1S/C13H21BrClN3/c1-4-7-10-12(14)13(15)17-11(16-10)8-9-18(5-2)6-3/h4-9H2,1-3H3. The van der Waals surface area contributed by atoms with Gasteiger partial charge in [0.15, 0.2) is 0 Å². The monoisotopic (exact) mass is 333 g/mol. The highest BCUT2D eigenvalue weighted by molar-refractivity contribution is 9.10. The quantitative estimate of drug-likeness (QED) is 0.711. The van der Waals surface area contributed by atoms with Crippen molar-refractivity contribution in [3.8, 4) is 0 Å². The Morgan fingerprint density at radius 3 is 2.33 bits per heavy atom. The summed E-state index contributed by atoms with van der Waals surface area (Å²) in [6.07, 6.45) is 2.84. The van der Waals surface area contributed by atoms with Gasteiger partial charge in [0.05, 0.1) is 10.2 Å². The highest BCUT2D eigenvalue weighted by Gasteiger charge is 2.10. The Labute approximate surface area is 123 Å². The SMILES string of the molecule is CCCc1nc(CCN(CC)CC)nc(Cl)c1Br. The molecule has 0 atom stereocenters. The molecule has 1 aromatic rings. The Morgan fingerprint density at radius 1 is 1.11 bits per heavy atom. The fraction of sp³-hybridized carbons (Fsp3) is 0.692. The van der Waals surface area contributed by atoms with Crippen LogP contribution in [-0.2, 0) is 12.8 Å². The van der Waals surface area contributed by atoms with Crippen molar-refractivity contribution >= 4 is 27.5 Å². The normalized spacial score (nSPS) is 11.2. The first-order valence-corrected chi connectivity index (χ1v) is 7.72. The molecule has 102 valence electrons. The first-order valence-electron chi connectivity index (χ1n) is 6.55. The molecular weight excluding hydrogens is 314 g/mol. The van der Waals surface area contributed by atoms with Gasteiger partial charge in [-0.15, -0.1) is 0 Å². The summed E-state index contributed by atoms with van der Waals surface area (Å²) in [5, 5.41) is 0.531. The summed E-state index contributed by atoms with van der Waals surface area (Å²) in [5.41, 5.74) is 1.02. The van der Waals surface area contributed by atoms with Gasteiger partial charge < -0.3 is 4.90 Å². The zero-order chi connectivity index (χ0) is 13.5. The number of hydrogen-bond donors (Lipinski definition) is 0. The average Bonchev–Trinajstić information content (AvgIpc) is 2.36. The van der Waals surface area contributed by atoms with Gasteiger partial charge in [-0.2, -0.15) is 0 Å². The molecule has 0 aromatic carbocycles. The lowest BCUT2D eigenvalue weighted by Crippen LogP contribution is -2.26. The molecule has 3 nitrogen and oxygen atoms in total. The largest absolute Gasteiger partial charge is 0.303 e. The number of likely N-dealkylation sites (N-methyl/N-ethyl adjacent to an activating group) is 1. The molecule has 5 heteroatoms. The van der Waals surface area contributed by atoms with Gasteiger partial charge in [0.25, 0.3) is 0 Å². The van der Waals surface area contributed by atoms with Crippen LogP contribution in [0.5, 0.6) is 0 Å². The number of aryl methyl sites for hydroxylation is 1. The van der Waals surface area contributed by atoms with E-state index in [1.54, 1.807) is 0 Å². The zero-order valence-electron chi connectivity index (χ0n) is 11.3. The van der Waals surface area contributed by atoms with Crippen molar-refractivity contribution in [2.45, 2.75) is 40.0 Å². The Kier molecular flexibility index (Phi) is 7.12. The van der Waals surface area contributed by atoms with E-state index in [-0.39, 0.29) is 0 Å². The van der Waals surface area contributed by atoms with Crippen molar-refractivity contribution in [2.24, 2.45) is 0 Å². The molecular formula is C13H21BrClN3. The minimum Gasteiger partial charge on any atom is -0.303 e. The Balaban J connectivity index is 2.77. The molecule has 0 radical (unpaired) electrons. The van der Waals surface area contributed by atoms with Gasteiger partial charge in [-0.25, -0.2) is 9.97 Å². The van der Waals surface area contributed by atoms with Crippen molar-refractivity contribution in [2.75, 3.05) is 19.6 Å². The van der Waals surface area contributed by atoms with Crippen LogP contribution in [0.15, 0.2) is 4.47 Å². The van der Waals surface area contributed by atoms with Crippen LogP contribution in [0.2, 0.25) is 5.15 Å². The van der Waals surface area contributed by atoms with Gasteiger partial charge in [0.1, 0.15) is 11.0 Å². The first kappa shape index (κ1) is 15.9. The van der Waals surface area contributed by atoms with Crippen LogP contribution in [0.1, 0.15) is 38.7 Å². The number of aromatic nitrogens is 2. The zero-order valence-corrected chi connectivity index (χ0v) is 13.7. The van der Waals surface area contributed by atoms with Crippen molar-refractivity contribution in [3.63, 3.8) is 0 Å². The molecule has 1 rings (SSSR count). The highest BCUT2D eigenvalue weighted by Crippen LogP contribution is 2.24. The topological polar surface area (TPSA) is 29.0 Å².